The number of anilines is 1. The number of nitriles is 1. The summed E-state index contributed by atoms with van der Waals surface area (Å²) in [5.74, 6) is 0.387. The number of aryl methyl sites for hydroxylation is 1. The van der Waals surface area contributed by atoms with E-state index >= 15 is 0 Å². The summed E-state index contributed by atoms with van der Waals surface area (Å²) in [5.41, 5.74) is 1.80. The fourth-order valence-electron chi connectivity index (χ4n) is 1.78. The van der Waals surface area contributed by atoms with Gasteiger partial charge in [0.05, 0.1) is 0 Å². The molecule has 4 nitrogen and oxygen atoms in total. The second-order valence-electron chi connectivity index (χ2n) is 4.44. The van der Waals surface area contributed by atoms with Gasteiger partial charge in [0.2, 0.25) is 5.88 Å². The Labute approximate surface area is 127 Å². The molecule has 0 saturated carbocycles. The summed E-state index contributed by atoms with van der Waals surface area (Å²) < 4.78 is 5.37. The van der Waals surface area contributed by atoms with Crippen LogP contribution in [0.5, 0.6) is 0 Å². The highest BCUT2D eigenvalue weighted by molar-refractivity contribution is 6.32. The minimum atomic E-state index is -0.389. The largest absolute Gasteiger partial charge is 0.444 e. The number of amides is 1. The molecular weight excluding hydrogens is 288 g/mol. The minimum absolute atomic E-state index is 0.168. The van der Waals surface area contributed by atoms with Crippen molar-refractivity contribution in [3.05, 3.63) is 57.8 Å². The fourth-order valence-corrected chi connectivity index (χ4v) is 1.98. The third-order valence-electron chi connectivity index (χ3n) is 3.05. The van der Waals surface area contributed by atoms with E-state index in [1.165, 1.54) is 6.08 Å². The number of benzene rings is 1. The SMILES string of the molecule is Cc1oc(NC(=O)/C=C/c2ccccc2Cl)c(C#N)c1C. The third-order valence-corrected chi connectivity index (χ3v) is 3.40. The zero-order chi connectivity index (χ0) is 15.4. The number of nitrogens with one attached hydrogen (secondary N) is 1. The summed E-state index contributed by atoms with van der Waals surface area (Å²) in [6.45, 7) is 3.51. The van der Waals surface area contributed by atoms with Gasteiger partial charge in [0.15, 0.2) is 0 Å². The van der Waals surface area contributed by atoms with Crippen LogP contribution in [0.1, 0.15) is 22.5 Å². The van der Waals surface area contributed by atoms with Gasteiger partial charge in [-0.1, -0.05) is 29.8 Å². The maximum atomic E-state index is 11.9. The van der Waals surface area contributed by atoms with Crippen molar-refractivity contribution in [1.82, 2.24) is 0 Å². The summed E-state index contributed by atoms with van der Waals surface area (Å²) in [6.07, 6.45) is 2.95. The number of rotatable bonds is 3. The van der Waals surface area contributed by atoms with E-state index < -0.39 is 0 Å². The standard InChI is InChI=1S/C16H13ClN2O2/c1-10-11(2)21-16(13(10)9-18)19-15(20)8-7-12-5-3-4-6-14(12)17/h3-8H,1-2H3,(H,19,20)/b8-7+. The Morgan fingerprint density at radius 1 is 1.38 bits per heavy atom. The summed E-state index contributed by atoms with van der Waals surface area (Å²) in [4.78, 5) is 11.9. The predicted octanol–water partition coefficient (Wildman–Crippen LogP) is 4.07. The Morgan fingerprint density at radius 2 is 2.10 bits per heavy atom. The van der Waals surface area contributed by atoms with Crippen LogP contribution in [0.3, 0.4) is 0 Å². The summed E-state index contributed by atoms with van der Waals surface area (Å²) in [7, 11) is 0. The second-order valence-corrected chi connectivity index (χ2v) is 4.85. The van der Waals surface area contributed by atoms with Crippen LogP contribution in [0.4, 0.5) is 5.88 Å². The van der Waals surface area contributed by atoms with E-state index in [1.807, 2.05) is 18.2 Å². The third kappa shape index (κ3) is 3.33. The lowest BCUT2D eigenvalue weighted by atomic mass is 10.2. The van der Waals surface area contributed by atoms with Crippen LogP contribution in [0.15, 0.2) is 34.8 Å². The number of halogens is 1. The van der Waals surface area contributed by atoms with Crippen LogP contribution in [0.25, 0.3) is 6.08 Å². The number of carbonyl (C=O) groups is 1. The number of furan rings is 1. The lowest BCUT2D eigenvalue weighted by molar-refractivity contribution is -0.111. The number of nitrogens with zero attached hydrogens (tertiary/aromatic N) is 1. The molecule has 1 aromatic carbocycles. The van der Waals surface area contributed by atoms with Gasteiger partial charge in [-0.2, -0.15) is 5.26 Å². The Balaban J connectivity index is 2.15. The van der Waals surface area contributed by atoms with Crippen molar-refractivity contribution in [3.8, 4) is 6.07 Å². The smallest absolute Gasteiger partial charge is 0.250 e. The fraction of sp³-hybridized carbons (Fsp3) is 0.125. The van der Waals surface area contributed by atoms with Crippen molar-refractivity contribution < 1.29 is 9.21 Å². The minimum Gasteiger partial charge on any atom is -0.444 e. The molecule has 106 valence electrons. The van der Waals surface area contributed by atoms with Crippen LogP contribution in [0.2, 0.25) is 5.02 Å². The van der Waals surface area contributed by atoms with Gasteiger partial charge >= 0.3 is 0 Å². The first-order valence-corrected chi connectivity index (χ1v) is 6.64. The summed E-state index contributed by atoms with van der Waals surface area (Å²) in [6, 6.07) is 9.20. The quantitative estimate of drug-likeness (QED) is 0.869. The average molecular weight is 301 g/mol. The molecule has 0 atom stereocenters. The Morgan fingerprint density at radius 3 is 2.76 bits per heavy atom. The van der Waals surface area contributed by atoms with Gasteiger partial charge < -0.3 is 4.42 Å². The molecule has 0 aliphatic rings. The number of hydrogen-bond acceptors (Lipinski definition) is 3. The predicted molar refractivity (Wildman–Crippen MR) is 82.0 cm³/mol. The Kier molecular flexibility index (Phi) is 4.46. The Bertz CT molecular complexity index is 754. The topological polar surface area (TPSA) is 66.0 Å². The first kappa shape index (κ1) is 14.9. The molecule has 1 aromatic heterocycles. The molecule has 1 N–H and O–H groups in total. The molecular formula is C16H13ClN2O2. The monoisotopic (exact) mass is 300 g/mol. The zero-order valence-corrected chi connectivity index (χ0v) is 12.4. The first-order valence-electron chi connectivity index (χ1n) is 6.26. The van der Waals surface area contributed by atoms with Crippen LogP contribution < -0.4 is 5.32 Å². The van der Waals surface area contributed by atoms with Crippen molar-refractivity contribution in [2.24, 2.45) is 0 Å². The molecule has 2 aromatic rings. The summed E-state index contributed by atoms with van der Waals surface area (Å²) in [5, 5.41) is 12.2. The number of hydrogen-bond donors (Lipinski definition) is 1. The molecule has 0 fully saturated rings. The van der Waals surface area contributed by atoms with Crippen LogP contribution >= 0.6 is 11.6 Å². The van der Waals surface area contributed by atoms with Crippen LogP contribution in [-0.2, 0) is 4.79 Å². The van der Waals surface area contributed by atoms with Gasteiger partial charge in [-0.05, 0) is 31.6 Å². The van der Waals surface area contributed by atoms with E-state index in [0.717, 1.165) is 11.1 Å². The summed E-state index contributed by atoms with van der Waals surface area (Å²) >= 11 is 6.00. The van der Waals surface area contributed by atoms with E-state index in [2.05, 4.69) is 5.32 Å². The molecule has 1 heterocycles. The lowest BCUT2D eigenvalue weighted by Gasteiger charge is -1.99. The molecule has 21 heavy (non-hydrogen) atoms. The molecule has 0 unspecified atom stereocenters. The van der Waals surface area contributed by atoms with Crippen molar-refractivity contribution in [2.75, 3.05) is 5.32 Å². The molecule has 1 amide bonds. The van der Waals surface area contributed by atoms with Crippen molar-refractivity contribution in [2.45, 2.75) is 13.8 Å². The van der Waals surface area contributed by atoms with Gasteiger partial charge in [0.25, 0.3) is 5.91 Å². The van der Waals surface area contributed by atoms with Crippen LogP contribution in [-0.4, -0.2) is 5.91 Å². The molecule has 0 aliphatic heterocycles. The highest BCUT2D eigenvalue weighted by Gasteiger charge is 2.15. The molecule has 0 radical (unpaired) electrons. The van der Waals surface area contributed by atoms with E-state index in [9.17, 15) is 4.79 Å². The maximum Gasteiger partial charge on any atom is 0.250 e. The molecule has 2 rings (SSSR count). The van der Waals surface area contributed by atoms with E-state index in [1.54, 1.807) is 32.1 Å². The van der Waals surface area contributed by atoms with Crippen molar-refractivity contribution in [3.63, 3.8) is 0 Å². The lowest BCUT2D eigenvalue weighted by Crippen LogP contribution is -2.08. The van der Waals surface area contributed by atoms with Crippen LogP contribution in [0, 0.1) is 25.2 Å². The van der Waals surface area contributed by atoms with E-state index in [-0.39, 0.29) is 11.8 Å². The first-order chi connectivity index (χ1) is 10.0. The van der Waals surface area contributed by atoms with Gasteiger partial charge in [0.1, 0.15) is 17.4 Å². The zero-order valence-electron chi connectivity index (χ0n) is 11.6. The Hall–Kier alpha value is -2.51. The van der Waals surface area contributed by atoms with E-state index in [0.29, 0.717) is 16.3 Å². The highest BCUT2D eigenvalue weighted by Crippen LogP contribution is 2.25. The number of carbonyl (C=O) groups excluding carboxylic acids is 1. The second kappa shape index (κ2) is 6.29. The van der Waals surface area contributed by atoms with Gasteiger partial charge in [-0.25, -0.2) is 0 Å². The van der Waals surface area contributed by atoms with E-state index in [4.69, 9.17) is 21.3 Å². The molecule has 0 spiro atoms. The molecule has 0 saturated heterocycles. The maximum absolute atomic E-state index is 11.9. The molecule has 5 heteroatoms. The molecule has 0 bridgehead atoms. The van der Waals surface area contributed by atoms with Gasteiger partial charge in [0, 0.05) is 16.7 Å². The van der Waals surface area contributed by atoms with Gasteiger partial charge in [-0.3, -0.25) is 10.1 Å². The van der Waals surface area contributed by atoms with Crippen molar-refractivity contribution in [1.29, 1.82) is 5.26 Å². The van der Waals surface area contributed by atoms with Crippen molar-refractivity contribution >= 4 is 29.5 Å². The highest BCUT2D eigenvalue weighted by atomic mass is 35.5. The molecule has 0 aliphatic carbocycles. The van der Waals surface area contributed by atoms with Gasteiger partial charge in [-0.15, -0.1) is 0 Å². The average Bonchev–Trinajstić information content (AvgIpc) is 2.72. The normalized spacial score (nSPS) is 10.6.